The SMILES string of the molecule is CSc1cccc(NC(=O)Cn2c(CCNC(=O)C3CC3)nc3ccccc32)c1. The molecule has 1 fully saturated rings. The summed E-state index contributed by atoms with van der Waals surface area (Å²) in [7, 11) is 0. The summed E-state index contributed by atoms with van der Waals surface area (Å²) in [5.41, 5.74) is 2.56. The van der Waals surface area contributed by atoms with Gasteiger partial charge in [-0.25, -0.2) is 4.98 Å². The van der Waals surface area contributed by atoms with Crippen LogP contribution in [0.25, 0.3) is 11.0 Å². The van der Waals surface area contributed by atoms with Crippen LogP contribution in [0.15, 0.2) is 53.4 Å². The smallest absolute Gasteiger partial charge is 0.244 e. The molecular weight excluding hydrogens is 384 g/mol. The van der Waals surface area contributed by atoms with Crippen molar-refractivity contribution in [3.05, 3.63) is 54.4 Å². The Hall–Kier alpha value is -2.80. The zero-order valence-electron chi connectivity index (χ0n) is 16.4. The van der Waals surface area contributed by atoms with Gasteiger partial charge in [0, 0.05) is 29.5 Å². The van der Waals surface area contributed by atoms with Gasteiger partial charge in [-0.2, -0.15) is 0 Å². The van der Waals surface area contributed by atoms with Gasteiger partial charge < -0.3 is 15.2 Å². The summed E-state index contributed by atoms with van der Waals surface area (Å²) < 4.78 is 1.94. The number of carbonyl (C=O) groups is 2. The van der Waals surface area contributed by atoms with Crippen molar-refractivity contribution in [2.75, 3.05) is 18.1 Å². The Labute approximate surface area is 174 Å². The number of rotatable bonds is 8. The van der Waals surface area contributed by atoms with Crippen LogP contribution in [0, 0.1) is 5.92 Å². The van der Waals surface area contributed by atoms with Crippen LogP contribution < -0.4 is 10.6 Å². The molecular formula is C22H24N4O2S. The third kappa shape index (κ3) is 4.79. The summed E-state index contributed by atoms with van der Waals surface area (Å²) in [4.78, 5) is 30.4. The zero-order chi connectivity index (χ0) is 20.2. The number of hydrogen-bond donors (Lipinski definition) is 2. The van der Waals surface area contributed by atoms with E-state index >= 15 is 0 Å². The molecule has 2 aromatic carbocycles. The molecule has 0 bridgehead atoms. The van der Waals surface area contributed by atoms with E-state index in [1.54, 1.807) is 11.8 Å². The summed E-state index contributed by atoms with van der Waals surface area (Å²) in [6.45, 7) is 0.700. The molecule has 1 saturated carbocycles. The van der Waals surface area contributed by atoms with Crippen LogP contribution in [-0.4, -0.2) is 34.2 Å². The monoisotopic (exact) mass is 408 g/mol. The molecule has 1 heterocycles. The number of hydrogen-bond acceptors (Lipinski definition) is 4. The van der Waals surface area contributed by atoms with E-state index < -0.39 is 0 Å². The van der Waals surface area contributed by atoms with Crippen LogP contribution in [-0.2, 0) is 22.6 Å². The van der Waals surface area contributed by atoms with Crippen LogP contribution >= 0.6 is 11.8 Å². The Morgan fingerprint density at radius 3 is 2.79 bits per heavy atom. The molecule has 3 aromatic rings. The lowest BCUT2D eigenvalue weighted by Crippen LogP contribution is -2.28. The Bertz CT molecular complexity index is 1040. The van der Waals surface area contributed by atoms with Gasteiger partial charge >= 0.3 is 0 Å². The molecule has 1 aliphatic carbocycles. The number of anilines is 1. The number of benzene rings is 2. The van der Waals surface area contributed by atoms with E-state index in [4.69, 9.17) is 0 Å². The second kappa shape index (κ2) is 8.69. The van der Waals surface area contributed by atoms with Crippen molar-refractivity contribution in [3.63, 3.8) is 0 Å². The first kappa shape index (κ1) is 19.5. The summed E-state index contributed by atoms with van der Waals surface area (Å²) >= 11 is 1.64. The molecule has 6 nitrogen and oxygen atoms in total. The van der Waals surface area contributed by atoms with Crippen LogP contribution in [0.2, 0.25) is 0 Å². The van der Waals surface area contributed by atoms with Crippen molar-refractivity contribution in [1.82, 2.24) is 14.9 Å². The minimum Gasteiger partial charge on any atom is -0.355 e. The Morgan fingerprint density at radius 1 is 1.17 bits per heavy atom. The van der Waals surface area contributed by atoms with Crippen molar-refractivity contribution in [1.29, 1.82) is 0 Å². The molecule has 0 saturated heterocycles. The minimum atomic E-state index is -0.102. The van der Waals surface area contributed by atoms with E-state index in [0.29, 0.717) is 13.0 Å². The zero-order valence-corrected chi connectivity index (χ0v) is 17.2. The van der Waals surface area contributed by atoms with Gasteiger partial charge in [0.25, 0.3) is 0 Å². The average molecular weight is 409 g/mol. The molecule has 1 aromatic heterocycles. The highest BCUT2D eigenvalue weighted by atomic mass is 32.2. The number of carbonyl (C=O) groups excluding carboxylic acids is 2. The standard InChI is InChI=1S/C22H24N4O2S/c1-29-17-6-4-5-16(13-17)24-21(27)14-26-19-8-3-2-7-18(19)25-20(26)11-12-23-22(28)15-9-10-15/h2-8,13,15H,9-12,14H2,1H3,(H,23,28)(H,24,27). The first-order valence-electron chi connectivity index (χ1n) is 9.80. The van der Waals surface area contributed by atoms with Gasteiger partial charge in [-0.05, 0) is 49.4 Å². The number of fused-ring (bicyclic) bond motifs is 1. The summed E-state index contributed by atoms with van der Waals surface area (Å²) in [6, 6.07) is 15.6. The second-order valence-corrected chi connectivity index (χ2v) is 8.08. The van der Waals surface area contributed by atoms with Crippen LogP contribution in [0.3, 0.4) is 0 Å². The fraction of sp³-hybridized carbons (Fsp3) is 0.318. The van der Waals surface area contributed by atoms with Crippen molar-refractivity contribution >= 4 is 40.3 Å². The molecule has 4 rings (SSSR count). The lowest BCUT2D eigenvalue weighted by molar-refractivity contribution is -0.122. The Morgan fingerprint density at radius 2 is 2.00 bits per heavy atom. The number of amides is 2. The highest BCUT2D eigenvalue weighted by Gasteiger charge is 2.29. The number of para-hydroxylation sites is 2. The van der Waals surface area contributed by atoms with Crippen LogP contribution in [0.4, 0.5) is 5.69 Å². The summed E-state index contributed by atoms with van der Waals surface area (Å²) in [6.07, 6.45) is 4.57. The maximum absolute atomic E-state index is 12.7. The second-order valence-electron chi connectivity index (χ2n) is 7.20. The van der Waals surface area contributed by atoms with Crippen LogP contribution in [0.5, 0.6) is 0 Å². The lowest BCUT2D eigenvalue weighted by Gasteiger charge is -2.11. The molecule has 2 amide bonds. The number of aromatic nitrogens is 2. The molecule has 0 atom stereocenters. The quantitative estimate of drug-likeness (QED) is 0.560. The first-order valence-corrected chi connectivity index (χ1v) is 11.0. The molecule has 2 N–H and O–H groups in total. The van der Waals surface area contributed by atoms with E-state index in [2.05, 4.69) is 15.6 Å². The normalized spacial score (nSPS) is 13.4. The van der Waals surface area contributed by atoms with Gasteiger partial charge in [-0.15, -0.1) is 11.8 Å². The maximum Gasteiger partial charge on any atom is 0.244 e. The van der Waals surface area contributed by atoms with Crippen LogP contribution in [0.1, 0.15) is 18.7 Å². The van der Waals surface area contributed by atoms with Crippen molar-refractivity contribution in [2.45, 2.75) is 30.7 Å². The summed E-state index contributed by atoms with van der Waals surface area (Å²) in [5, 5.41) is 5.95. The van der Waals surface area contributed by atoms with Crippen molar-refractivity contribution < 1.29 is 9.59 Å². The number of thioether (sulfide) groups is 1. The lowest BCUT2D eigenvalue weighted by atomic mass is 10.3. The highest BCUT2D eigenvalue weighted by Crippen LogP contribution is 2.28. The first-order chi connectivity index (χ1) is 14.1. The van der Waals surface area contributed by atoms with E-state index in [1.165, 1.54) is 0 Å². The topological polar surface area (TPSA) is 76.0 Å². The molecule has 0 radical (unpaired) electrons. The van der Waals surface area contributed by atoms with Crippen molar-refractivity contribution in [2.24, 2.45) is 5.92 Å². The molecule has 0 unspecified atom stereocenters. The van der Waals surface area contributed by atoms with Gasteiger partial charge in [-0.1, -0.05) is 18.2 Å². The fourth-order valence-electron chi connectivity index (χ4n) is 3.32. The van der Waals surface area contributed by atoms with Gasteiger partial charge in [0.2, 0.25) is 11.8 Å². The van der Waals surface area contributed by atoms with Gasteiger partial charge in [0.1, 0.15) is 12.4 Å². The summed E-state index contributed by atoms with van der Waals surface area (Å²) in [5.74, 6) is 1.01. The minimum absolute atomic E-state index is 0.102. The molecule has 0 spiro atoms. The average Bonchev–Trinajstić information content (AvgIpc) is 3.52. The molecule has 29 heavy (non-hydrogen) atoms. The van der Waals surface area contributed by atoms with Gasteiger partial charge in [0.05, 0.1) is 11.0 Å². The Kier molecular flexibility index (Phi) is 5.85. The third-order valence-electron chi connectivity index (χ3n) is 4.98. The predicted molar refractivity (Wildman–Crippen MR) is 116 cm³/mol. The van der Waals surface area contributed by atoms with Gasteiger partial charge in [0.15, 0.2) is 0 Å². The number of nitrogens with one attached hydrogen (secondary N) is 2. The maximum atomic E-state index is 12.7. The number of nitrogens with zero attached hydrogens (tertiary/aromatic N) is 2. The fourth-order valence-corrected chi connectivity index (χ4v) is 3.78. The van der Waals surface area contributed by atoms with E-state index in [-0.39, 0.29) is 24.3 Å². The third-order valence-corrected chi connectivity index (χ3v) is 5.71. The van der Waals surface area contributed by atoms with E-state index in [1.807, 2.05) is 59.4 Å². The van der Waals surface area contributed by atoms with E-state index in [0.717, 1.165) is 40.3 Å². The molecule has 1 aliphatic rings. The van der Waals surface area contributed by atoms with E-state index in [9.17, 15) is 9.59 Å². The van der Waals surface area contributed by atoms with Crippen molar-refractivity contribution in [3.8, 4) is 0 Å². The molecule has 0 aliphatic heterocycles. The largest absolute Gasteiger partial charge is 0.355 e. The molecule has 7 heteroatoms. The highest BCUT2D eigenvalue weighted by molar-refractivity contribution is 7.98. The van der Waals surface area contributed by atoms with Gasteiger partial charge in [-0.3, -0.25) is 9.59 Å². The predicted octanol–water partition coefficient (Wildman–Crippen LogP) is 3.47. The molecule has 150 valence electrons. The Balaban J connectivity index is 1.48. The number of imidazole rings is 1.